The fourth-order valence-corrected chi connectivity index (χ4v) is 2.82. The molecule has 3 N–H and O–H groups in total. The van der Waals surface area contributed by atoms with Crippen LogP contribution in [0.1, 0.15) is 57.9 Å². The Balaban J connectivity index is 2.23. The minimum absolute atomic E-state index is 0.102. The fourth-order valence-electron chi connectivity index (χ4n) is 2.82. The van der Waals surface area contributed by atoms with Crippen molar-refractivity contribution in [1.29, 1.82) is 0 Å². The van der Waals surface area contributed by atoms with Crippen molar-refractivity contribution < 1.29 is 5.11 Å². The molecule has 0 aromatic carbocycles. The van der Waals surface area contributed by atoms with Crippen LogP contribution >= 0.6 is 0 Å². The number of aromatic nitrogens is 2. The van der Waals surface area contributed by atoms with Crippen molar-refractivity contribution >= 4 is 11.6 Å². The summed E-state index contributed by atoms with van der Waals surface area (Å²) in [5.41, 5.74) is 1.10. The number of anilines is 2. The van der Waals surface area contributed by atoms with Gasteiger partial charge >= 0.3 is 0 Å². The summed E-state index contributed by atoms with van der Waals surface area (Å²) in [5, 5.41) is 16.8. The first-order chi connectivity index (χ1) is 9.63. The van der Waals surface area contributed by atoms with E-state index < -0.39 is 0 Å². The van der Waals surface area contributed by atoms with Crippen molar-refractivity contribution in [2.45, 2.75) is 64.5 Å². The summed E-state index contributed by atoms with van der Waals surface area (Å²) in [6.07, 6.45) is 5.46. The second-order valence-corrected chi connectivity index (χ2v) is 5.77. The molecule has 1 saturated carbocycles. The molecule has 0 aliphatic heterocycles. The van der Waals surface area contributed by atoms with Gasteiger partial charge in [-0.05, 0) is 25.7 Å². The summed E-state index contributed by atoms with van der Waals surface area (Å²) < 4.78 is 0. The smallest absolute Gasteiger partial charge is 0.135 e. The van der Waals surface area contributed by atoms with Crippen LogP contribution in [0.25, 0.3) is 0 Å². The van der Waals surface area contributed by atoms with Gasteiger partial charge in [0.2, 0.25) is 0 Å². The maximum Gasteiger partial charge on any atom is 0.135 e. The van der Waals surface area contributed by atoms with Crippen molar-refractivity contribution in [3.63, 3.8) is 0 Å². The number of nitrogens with zero attached hydrogens (tertiary/aromatic N) is 2. The first-order valence-electron chi connectivity index (χ1n) is 7.66. The van der Waals surface area contributed by atoms with Crippen LogP contribution in [0.5, 0.6) is 0 Å². The molecular weight excluding hydrogens is 252 g/mol. The molecule has 0 saturated heterocycles. The third-order valence-electron chi connectivity index (χ3n) is 3.86. The van der Waals surface area contributed by atoms with Gasteiger partial charge in [-0.25, -0.2) is 9.97 Å². The van der Waals surface area contributed by atoms with Gasteiger partial charge in [0.15, 0.2) is 0 Å². The van der Waals surface area contributed by atoms with E-state index in [1.54, 1.807) is 6.33 Å². The molecular formula is C15H26N4O. The molecule has 0 radical (unpaired) electrons. The van der Waals surface area contributed by atoms with Crippen LogP contribution in [0.2, 0.25) is 0 Å². The van der Waals surface area contributed by atoms with Gasteiger partial charge < -0.3 is 15.7 Å². The van der Waals surface area contributed by atoms with Gasteiger partial charge in [-0.15, -0.1) is 0 Å². The normalized spacial score (nSPS) is 22.9. The van der Waals surface area contributed by atoms with Gasteiger partial charge in [-0.2, -0.15) is 0 Å². The maximum absolute atomic E-state index is 10.1. The molecule has 1 aromatic rings. The molecule has 20 heavy (non-hydrogen) atoms. The standard InChI is InChI=1S/C15H26N4O/c1-4-16-14-13(10(2)3)15(18-9-17-14)19-11-7-5-6-8-12(11)20/h9-12,20H,4-8H2,1-3H3,(H2,16,17,18,19). The summed E-state index contributed by atoms with van der Waals surface area (Å²) in [5.74, 6) is 2.08. The molecule has 1 fully saturated rings. The molecule has 1 heterocycles. The fraction of sp³-hybridized carbons (Fsp3) is 0.733. The Kier molecular flexibility index (Phi) is 5.17. The average Bonchev–Trinajstić information content (AvgIpc) is 2.41. The highest BCUT2D eigenvalue weighted by Crippen LogP contribution is 2.30. The van der Waals surface area contributed by atoms with Crippen molar-refractivity contribution in [2.75, 3.05) is 17.2 Å². The van der Waals surface area contributed by atoms with Crippen LogP contribution in [0.3, 0.4) is 0 Å². The predicted octanol–water partition coefficient (Wildman–Crippen LogP) is 2.75. The van der Waals surface area contributed by atoms with Crippen LogP contribution in [-0.2, 0) is 0 Å². The van der Waals surface area contributed by atoms with Crippen molar-refractivity contribution in [3.05, 3.63) is 11.9 Å². The van der Waals surface area contributed by atoms with E-state index in [-0.39, 0.29) is 12.1 Å². The second-order valence-electron chi connectivity index (χ2n) is 5.77. The van der Waals surface area contributed by atoms with Gasteiger partial charge in [0.1, 0.15) is 18.0 Å². The molecule has 5 nitrogen and oxygen atoms in total. The van der Waals surface area contributed by atoms with Gasteiger partial charge in [0, 0.05) is 12.1 Å². The molecule has 0 spiro atoms. The molecule has 112 valence electrons. The third kappa shape index (κ3) is 3.39. The highest BCUT2D eigenvalue weighted by molar-refractivity contribution is 5.59. The van der Waals surface area contributed by atoms with Crippen molar-refractivity contribution in [3.8, 4) is 0 Å². The lowest BCUT2D eigenvalue weighted by Crippen LogP contribution is -2.37. The van der Waals surface area contributed by atoms with E-state index in [0.717, 1.165) is 49.4 Å². The van der Waals surface area contributed by atoms with E-state index in [4.69, 9.17) is 0 Å². The lowest BCUT2D eigenvalue weighted by atomic mass is 9.92. The van der Waals surface area contributed by atoms with E-state index in [1.807, 2.05) is 0 Å². The minimum atomic E-state index is -0.277. The zero-order valence-electron chi connectivity index (χ0n) is 12.7. The zero-order chi connectivity index (χ0) is 14.5. The largest absolute Gasteiger partial charge is 0.391 e. The van der Waals surface area contributed by atoms with Crippen LogP contribution in [0, 0.1) is 0 Å². The van der Waals surface area contributed by atoms with Crippen molar-refractivity contribution in [1.82, 2.24) is 9.97 Å². The number of aliphatic hydroxyl groups is 1. The SMILES string of the molecule is CCNc1ncnc(NC2CCCCC2O)c1C(C)C. The Hall–Kier alpha value is -1.36. The Morgan fingerprint density at radius 3 is 2.60 bits per heavy atom. The lowest BCUT2D eigenvalue weighted by Gasteiger charge is -2.30. The van der Waals surface area contributed by atoms with E-state index in [9.17, 15) is 5.11 Å². The number of aliphatic hydroxyl groups excluding tert-OH is 1. The molecule has 0 bridgehead atoms. The highest BCUT2D eigenvalue weighted by atomic mass is 16.3. The summed E-state index contributed by atoms with van der Waals surface area (Å²) >= 11 is 0. The minimum Gasteiger partial charge on any atom is -0.391 e. The first-order valence-corrected chi connectivity index (χ1v) is 7.66. The molecule has 1 aliphatic rings. The molecule has 2 atom stereocenters. The molecule has 1 aromatic heterocycles. The van der Waals surface area contributed by atoms with Crippen LogP contribution in [-0.4, -0.2) is 33.8 Å². The number of hydrogen-bond donors (Lipinski definition) is 3. The Labute approximate surface area is 121 Å². The third-order valence-corrected chi connectivity index (χ3v) is 3.86. The first kappa shape index (κ1) is 15.0. The lowest BCUT2D eigenvalue weighted by molar-refractivity contribution is 0.116. The van der Waals surface area contributed by atoms with Gasteiger partial charge in [0.05, 0.1) is 12.1 Å². The molecule has 2 rings (SSSR count). The predicted molar refractivity (Wildman–Crippen MR) is 82.2 cm³/mol. The monoisotopic (exact) mass is 278 g/mol. The van der Waals surface area contributed by atoms with E-state index in [0.29, 0.717) is 5.92 Å². The van der Waals surface area contributed by atoms with E-state index in [2.05, 4.69) is 41.4 Å². The van der Waals surface area contributed by atoms with Crippen LogP contribution < -0.4 is 10.6 Å². The quantitative estimate of drug-likeness (QED) is 0.772. The zero-order valence-corrected chi connectivity index (χ0v) is 12.7. The molecule has 0 amide bonds. The van der Waals surface area contributed by atoms with Crippen molar-refractivity contribution in [2.24, 2.45) is 0 Å². The number of rotatable bonds is 5. The van der Waals surface area contributed by atoms with Gasteiger partial charge in [0.25, 0.3) is 0 Å². The number of nitrogens with one attached hydrogen (secondary N) is 2. The molecule has 2 unspecified atom stereocenters. The Morgan fingerprint density at radius 1 is 1.25 bits per heavy atom. The number of hydrogen-bond acceptors (Lipinski definition) is 5. The molecule has 5 heteroatoms. The topological polar surface area (TPSA) is 70.1 Å². The van der Waals surface area contributed by atoms with Gasteiger partial charge in [-0.1, -0.05) is 26.7 Å². The van der Waals surface area contributed by atoms with Gasteiger partial charge in [-0.3, -0.25) is 0 Å². The Morgan fingerprint density at radius 2 is 1.95 bits per heavy atom. The second kappa shape index (κ2) is 6.88. The van der Waals surface area contributed by atoms with E-state index in [1.165, 1.54) is 0 Å². The average molecular weight is 278 g/mol. The van der Waals surface area contributed by atoms with E-state index >= 15 is 0 Å². The summed E-state index contributed by atoms with van der Waals surface area (Å²) in [4.78, 5) is 8.74. The highest BCUT2D eigenvalue weighted by Gasteiger charge is 2.25. The summed E-state index contributed by atoms with van der Waals surface area (Å²) in [7, 11) is 0. The molecule has 1 aliphatic carbocycles. The van der Waals surface area contributed by atoms with Crippen LogP contribution in [0.4, 0.5) is 11.6 Å². The maximum atomic E-state index is 10.1. The summed E-state index contributed by atoms with van der Waals surface area (Å²) in [6, 6.07) is 0.102. The Bertz CT molecular complexity index is 436. The summed E-state index contributed by atoms with van der Waals surface area (Å²) in [6.45, 7) is 7.18. The van der Waals surface area contributed by atoms with Crippen LogP contribution in [0.15, 0.2) is 6.33 Å².